The third kappa shape index (κ3) is 5.42. The number of hydrogen-bond donors (Lipinski definition) is 1. The highest BCUT2D eigenvalue weighted by Crippen LogP contribution is 2.27. The highest BCUT2D eigenvalue weighted by molar-refractivity contribution is 7.15. The van der Waals surface area contributed by atoms with E-state index in [1.807, 2.05) is 22.2 Å². The molecule has 10 nitrogen and oxygen atoms in total. The van der Waals surface area contributed by atoms with Gasteiger partial charge in [0.1, 0.15) is 0 Å². The van der Waals surface area contributed by atoms with Crippen molar-refractivity contribution < 1.29 is 23.8 Å². The van der Waals surface area contributed by atoms with Gasteiger partial charge < -0.3 is 19.1 Å². The minimum absolute atomic E-state index is 0.0778. The van der Waals surface area contributed by atoms with E-state index in [0.717, 1.165) is 4.96 Å². The molecule has 0 atom stereocenters. The second-order valence-electron chi connectivity index (χ2n) is 6.99. The van der Waals surface area contributed by atoms with Crippen molar-refractivity contribution in [1.82, 2.24) is 19.7 Å². The van der Waals surface area contributed by atoms with Gasteiger partial charge in [-0.05, 0) is 23.8 Å². The van der Waals surface area contributed by atoms with Gasteiger partial charge in [-0.1, -0.05) is 0 Å². The van der Waals surface area contributed by atoms with Gasteiger partial charge in [0.15, 0.2) is 23.1 Å². The quantitative estimate of drug-likeness (QED) is 0.404. The molecule has 1 aliphatic rings. The lowest BCUT2D eigenvalue weighted by Crippen LogP contribution is -2.43. The highest BCUT2D eigenvalue weighted by atomic mass is 32.1. The number of fused-ring (bicyclic) bond motifs is 1. The maximum atomic E-state index is 12.2. The molecule has 4 rings (SSSR count). The molecular weight excluding hydrogens is 434 g/mol. The molecule has 1 fully saturated rings. The van der Waals surface area contributed by atoms with Gasteiger partial charge in [-0.2, -0.15) is 5.10 Å². The van der Waals surface area contributed by atoms with Crippen molar-refractivity contribution in [1.29, 1.82) is 0 Å². The predicted molar refractivity (Wildman–Crippen MR) is 118 cm³/mol. The fourth-order valence-corrected chi connectivity index (χ4v) is 3.89. The van der Waals surface area contributed by atoms with Gasteiger partial charge in [0.25, 0.3) is 5.91 Å². The molecule has 1 N–H and O–H groups in total. The van der Waals surface area contributed by atoms with E-state index >= 15 is 0 Å². The fraction of sp³-hybridized carbons (Fsp3) is 0.333. The average molecular weight is 458 g/mol. The van der Waals surface area contributed by atoms with E-state index in [1.54, 1.807) is 23.1 Å². The highest BCUT2D eigenvalue weighted by Gasteiger charge is 2.18. The molecule has 0 unspecified atom stereocenters. The van der Waals surface area contributed by atoms with Crippen LogP contribution in [-0.4, -0.2) is 72.3 Å². The van der Waals surface area contributed by atoms with E-state index in [9.17, 15) is 9.59 Å². The average Bonchev–Trinajstić information content (AvgIpc) is 3.40. The van der Waals surface area contributed by atoms with E-state index in [4.69, 9.17) is 14.2 Å². The maximum Gasteiger partial charge on any atom is 0.260 e. The lowest BCUT2D eigenvalue weighted by Gasteiger charge is -2.26. The molecule has 3 aromatic rings. The zero-order chi connectivity index (χ0) is 22.3. The number of carbonyl (C=O) groups is 2. The van der Waals surface area contributed by atoms with Crippen LogP contribution in [0.3, 0.4) is 0 Å². The standard InChI is InChI=1S/C21H23N5O5S/c1-29-18-10-15(2-3-17(18)31-14-20(28)25-4-7-30-8-5-25)12-22-24-19(27)11-16-13-26-6-9-32-21(26)23-16/h2-3,6,9-10,12-13H,4-5,7-8,11,14H2,1H3,(H,24,27)/b22-12+. The van der Waals surface area contributed by atoms with E-state index in [1.165, 1.54) is 24.7 Å². The van der Waals surface area contributed by atoms with Crippen molar-refractivity contribution in [2.24, 2.45) is 5.10 Å². The summed E-state index contributed by atoms with van der Waals surface area (Å²) in [6.07, 6.45) is 5.36. The maximum absolute atomic E-state index is 12.2. The topological polar surface area (TPSA) is 107 Å². The zero-order valence-electron chi connectivity index (χ0n) is 17.5. The van der Waals surface area contributed by atoms with Gasteiger partial charge in [-0.3, -0.25) is 14.0 Å². The zero-order valence-corrected chi connectivity index (χ0v) is 18.3. The van der Waals surface area contributed by atoms with Crippen molar-refractivity contribution in [3.63, 3.8) is 0 Å². The molecule has 0 spiro atoms. The Morgan fingerprint density at radius 1 is 1.31 bits per heavy atom. The third-order valence-corrected chi connectivity index (χ3v) is 5.56. The van der Waals surface area contributed by atoms with Crippen molar-refractivity contribution in [2.75, 3.05) is 40.0 Å². The smallest absolute Gasteiger partial charge is 0.260 e. The molecule has 11 heteroatoms. The van der Waals surface area contributed by atoms with Gasteiger partial charge in [-0.15, -0.1) is 11.3 Å². The van der Waals surface area contributed by atoms with Crippen molar-refractivity contribution in [3.05, 3.63) is 47.2 Å². The molecule has 2 aromatic heterocycles. The van der Waals surface area contributed by atoms with Crippen LogP contribution in [0.4, 0.5) is 0 Å². The second-order valence-corrected chi connectivity index (χ2v) is 7.86. The van der Waals surface area contributed by atoms with Crippen LogP contribution in [0, 0.1) is 0 Å². The summed E-state index contributed by atoms with van der Waals surface area (Å²) in [5.74, 6) is 0.560. The molecule has 0 bridgehead atoms. The van der Waals surface area contributed by atoms with Crippen LogP contribution in [-0.2, 0) is 20.7 Å². The lowest BCUT2D eigenvalue weighted by molar-refractivity contribution is -0.137. The van der Waals surface area contributed by atoms with Crippen LogP contribution in [0.2, 0.25) is 0 Å². The molecular formula is C21H23N5O5S. The number of benzene rings is 1. The summed E-state index contributed by atoms with van der Waals surface area (Å²) < 4.78 is 18.1. The molecule has 1 aliphatic heterocycles. The van der Waals surface area contributed by atoms with Crippen LogP contribution in [0.5, 0.6) is 11.5 Å². The Morgan fingerprint density at radius 2 is 2.16 bits per heavy atom. The van der Waals surface area contributed by atoms with Gasteiger partial charge in [0.2, 0.25) is 5.91 Å². The Labute approximate surface area is 188 Å². The number of nitrogens with zero attached hydrogens (tertiary/aromatic N) is 4. The largest absolute Gasteiger partial charge is 0.493 e. The van der Waals surface area contributed by atoms with E-state index in [0.29, 0.717) is 49.1 Å². The van der Waals surface area contributed by atoms with Gasteiger partial charge in [0.05, 0.1) is 38.7 Å². The Morgan fingerprint density at radius 3 is 2.94 bits per heavy atom. The first-order valence-electron chi connectivity index (χ1n) is 10.0. The fourth-order valence-electron chi connectivity index (χ4n) is 3.17. The first kappa shape index (κ1) is 21.8. The summed E-state index contributed by atoms with van der Waals surface area (Å²) in [6.45, 7) is 2.14. The SMILES string of the molecule is COc1cc(/C=N/NC(=O)Cc2cn3ccsc3n2)ccc1OCC(=O)N1CCOCC1. The van der Waals surface area contributed by atoms with Crippen molar-refractivity contribution in [3.8, 4) is 11.5 Å². The van der Waals surface area contributed by atoms with Crippen LogP contribution in [0.1, 0.15) is 11.3 Å². The van der Waals surface area contributed by atoms with Crippen molar-refractivity contribution >= 4 is 34.3 Å². The van der Waals surface area contributed by atoms with Crippen molar-refractivity contribution in [2.45, 2.75) is 6.42 Å². The van der Waals surface area contributed by atoms with Gasteiger partial charge in [0, 0.05) is 30.9 Å². The number of methoxy groups -OCH3 is 1. The summed E-state index contributed by atoms with van der Waals surface area (Å²) >= 11 is 1.51. The molecule has 1 saturated heterocycles. The molecule has 0 aliphatic carbocycles. The Kier molecular flexibility index (Phi) is 6.97. The minimum atomic E-state index is -0.263. The Balaban J connectivity index is 1.29. The van der Waals surface area contributed by atoms with Crippen LogP contribution >= 0.6 is 11.3 Å². The molecule has 32 heavy (non-hydrogen) atoms. The number of hydrogen-bond acceptors (Lipinski definition) is 8. The van der Waals surface area contributed by atoms with E-state index in [2.05, 4.69) is 15.5 Å². The number of carbonyl (C=O) groups excluding carboxylic acids is 2. The monoisotopic (exact) mass is 457 g/mol. The number of thiazole rings is 1. The summed E-state index contributed by atoms with van der Waals surface area (Å²) in [5, 5.41) is 5.93. The predicted octanol–water partition coefficient (Wildman–Crippen LogP) is 1.33. The number of rotatable bonds is 8. The summed E-state index contributed by atoms with van der Waals surface area (Å²) in [6, 6.07) is 5.18. The van der Waals surface area contributed by atoms with E-state index < -0.39 is 0 Å². The molecule has 3 heterocycles. The molecule has 2 amide bonds. The summed E-state index contributed by atoms with van der Waals surface area (Å²) in [7, 11) is 1.52. The lowest BCUT2D eigenvalue weighted by atomic mass is 10.2. The Bertz CT molecular complexity index is 1090. The minimum Gasteiger partial charge on any atom is -0.493 e. The number of ether oxygens (including phenoxy) is 3. The summed E-state index contributed by atoms with van der Waals surface area (Å²) in [5.41, 5.74) is 3.88. The number of imidazole rings is 1. The number of aromatic nitrogens is 2. The molecule has 168 valence electrons. The number of amides is 2. The molecule has 1 aromatic carbocycles. The first-order valence-corrected chi connectivity index (χ1v) is 10.9. The van der Waals surface area contributed by atoms with Gasteiger partial charge >= 0.3 is 0 Å². The Hall–Kier alpha value is -3.44. The summed E-state index contributed by atoms with van der Waals surface area (Å²) in [4.78, 5) is 31.3. The van der Waals surface area contributed by atoms with Crippen LogP contribution in [0.25, 0.3) is 4.96 Å². The molecule has 0 saturated carbocycles. The molecule has 0 radical (unpaired) electrons. The second kappa shape index (κ2) is 10.2. The number of hydrazone groups is 1. The van der Waals surface area contributed by atoms with Crippen LogP contribution in [0.15, 0.2) is 41.1 Å². The third-order valence-electron chi connectivity index (χ3n) is 4.79. The number of nitrogens with one attached hydrogen (secondary N) is 1. The van der Waals surface area contributed by atoms with E-state index in [-0.39, 0.29) is 24.8 Å². The number of morpholine rings is 1. The first-order chi connectivity index (χ1) is 15.6. The van der Waals surface area contributed by atoms with Gasteiger partial charge in [-0.25, -0.2) is 10.4 Å². The normalized spacial score (nSPS) is 14.1. The van der Waals surface area contributed by atoms with Crippen LogP contribution < -0.4 is 14.9 Å².